The van der Waals surface area contributed by atoms with Crippen LogP contribution in [0.3, 0.4) is 0 Å². The van der Waals surface area contributed by atoms with Gasteiger partial charge in [0, 0.05) is 51.4 Å². The minimum absolute atomic E-state index is 0.237. The third kappa shape index (κ3) is 2.95. The summed E-state index contributed by atoms with van der Waals surface area (Å²) in [7, 11) is 2.97. The van der Waals surface area contributed by atoms with E-state index in [2.05, 4.69) is 9.97 Å². The first-order valence-corrected chi connectivity index (χ1v) is 8.97. The van der Waals surface area contributed by atoms with Crippen molar-refractivity contribution in [2.75, 3.05) is 14.2 Å². The first-order valence-electron chi connectivity index (χ1n) is 8.97. The molecule has 0 unspecified atom stereocenters. The lowest BCUT2D eigenvalue weighted by Gasteiger charge is -2.10. The Kier molecular flexibility index (Phi) is 4.67. The van der Waals surface area contributed by atoms with Crippen molar-refractivity contribution in [3.63, 3.8) is 0 Å². The summed E-state index contributed by atoms with van der Waals surface area (Å²) in [5.74, 6) is -1.82. The van der Waals surface area contributed by atoms with Gasteiger partial charge in [0.25, 0.3) is 0 Å². The highest BCUT2D eigenvalue weighted by Gasteiger charge is 2.28. The topological polar surface area (TPSA) is 125 Å². The minimum atomic E-state index is -1.35. The van der Waals surface area contributed by atoms with Crippen molar-refractivity contribution >= 4 is 44.9 Å². The fourth-order valence-corrected chi connectivity index (χ4v) is 3.65. The molecule has 30 heavy (non-hydrogen) atoms. The number of para-hydroxylation sites is 1. The summed E-state index contributed by atoms with van der Waals surface area (Å²) in [5.41, 5.74) is 1.19. The second-order valence-corrected chi connectivity index (χ2v) is 6.56. The van der Waals surface area contributed by atoms with Crippen LogP contribution < -0.4 is 9.47 Å². The van der Waals surface area contributed by atoms with E-state index in [1.54, 1.807) is 30.3 Å². The number of nitrogens with one attached hydrogen (secondary N) is 2. The number of H-pyrrole nitrogens is 2. The molecule has 0 fully saturated rings. The summed E-state index contributed by atoms with van der Waals surface area (Å²) in [6.07, 6.45) is 2.99. The molecular weight excluding hydrogens is 388 g/mol. The standard InChI is InChI=1S/C22H18N2O6/c1-29-17-7-12-14(10-24-16(12)8-18(17)30-2)20(22(27)28)19(21(25)26)13-9-23-15-6-4-3-5-11(13)15/h3-10,23-24H,1-2H3,(H,25,26)(H,27,28)/b20-19-. The van der Waals surface area contributed by atoms with E-state index in [0.29, 0.717) is 38.9 Å². The summed E-state index contributed by atoms with van der Waals surface area (Å²) in [4.78, 5) is 30.5. The fraction of sp³-hybridized carbons (Fsp3) is 0.0909. The Balaban J connectivity index is 2.07. The van der Waals surface area contributed by atoms with Gasteiger partial charge in [0.15, 0.2) is 11.5 Å². The molecule has 152 valence electrons. The molecule has 0 saturated carbocycles. The lowest BCUT2D eigenvalue weighted by atomic mass is 9.94. The Hall–Kier alpha value is -4.20. The first kappa shape index (κ1) is 19.1. The predicted molar refractivity (Wildman–Crippen MR) is 112 cm³/mol. The number of ether oxygens (including phenoxy) is 2. The Labute approximate surface area is 170 Å². The maximum atomic E-state index is 12.3. The van der Waals surface area contributed by atoms with Crippen molar-refractivity contribution in [3.8, 4) is 11.5 Å². The van der Waals surface area contributed by atoms with Gasteiger partial charge in [-0.15, -0.1) is 0 Å². The van der Waals surface area contributed by atoms with Crippen LogP contribution in [0, 0.1) is 0 Å². The van der Waals surface area contributed by atoms with E-state index in [4.69, 9.17) is 9.47 Å². The van der Waals surface area contributed by atoms with E-state index in [1.165, 1.54) is 26.6 Å². The van der Waals surface area contributed by atoms with Gasteiger partial charge < -0.3 is 29.7 Å². The summed E-state index contributed by atoms with van der Waals surface area (Å²) in [6, 6.07) is 10.4. The Morgan fingerprint density at radius 3 is 1.90 bits per heavy atom. The van der Waals surface area contributed by atoms with Crippen LogP contribution >= 0.6 is 0 Å². The number of methoxy groups -OCH3 is 2. The molecule has 2 aromatic heterocycles. The highest BCUT2D eigenvalue weighted by Crippen LogP contribution is 2.38. The Bertz CT molecular complexity index is 1330. The molecule has 2 aromatic carbocycles. The molecule has 0 spiro atoms. The van der Waals surface area contributed by atoms with Gasteiger partial charge in [-0.2, -0.15) is 0 Å². The molecule has 0 saturated heterocycles. The van der Waals surface area contributed by atoms with Gasteiger partial charge in [-0.1, -0.05) is 18.2 Å². The number of hydrogen-bond acceptors (Lipinski definition) is 4. The molecule has 8 heteroatoms. The molecule has 0 aliphatic heterocycles. The zero-order chi connectivity index (χ0) is 21.4. The number of carboxylic acids is 2. The van der Waals surface area contributed by atoms with Gasteiger partial charge in [0.1, 0.15) is 0 Å². The molecule has 4 N–H and O–H groups in total. The number of aromatic nitrogens is 2. The second-order valence-electron chi connectivity index (χ2n) is 6.56. The highest BCUT2D eigenvalue weighted by atomic mass is 16.5. The number of carbonyl (C=O) groups is 2. The summed E-state index contributed by atoms with van der Waals surface area (Å²) >= 11 is 0. The van der Waals surface area contributed by atoms with Gasteiger partial charge in [0.2, 0.25) is 0 Å². The molecule has 0 amide bonds. The van der Waals surface area contributed by atoms with E-state index < -0.39 is 11.9 Å². The third-order valence-electron chi connectivity index (χ3n) is 4.99. The van der Waals surface area contributed by atoms with Crippen molar-refractivity contribution in [2.45, 2.75) is 0 Å². The molecule has 2 heterocycles. The molecule has 8 nitrogen and oxygen atoms in total. The SMILES string of the molecule is COc1cc2[nH]cc(/C(C(=O)O)=C(/C(=O)O)c3c[nH]c4ccccc34)c2cc1OC. The molecule has 0 aliphatic carbocycles. The van der Waals surface area contributed by atoms with Crippen LogP contribution in [0.2, 0.25) is 0 Å². The van der Waals surface area contributed by atoms with E-state index in [1.807, 2.05) is 6.07 Å². The summed E-state index contributed by atoms with van der Waals surface area (Å²) < 4.78 is 10.6. The highest BCUT2D eigenvalue weighted by molar-refractivity contribution is 6.39. The van der Waals surface area contributed by atoms with Crippen molar-refractivity contribution in [1.29, 1.82) is 0 Å². The quantitative estimate of drug-likeness (QED) is 0.362. The van der Waals surface area contributed by atoms with E-state index in [0.717, 1.165) is 0 Å². The van der Waals surface area contributed by atoms with Gasteiger partial charge in [0.05, 0.1) is 25.4 Å². The summed E-state index contributed by atoms with van der Waals surface area (Å²) in [5, 5.41) is 21.1. The van der Waals surface area contributed by atoms with Gasteiger partial charge in [-0.3, -0.25) is 0 Å². The number of carboxylic acid groups (broad SMARTS) is 2. The normalized spacial score (nSPS) is 12.1. The number of fused-ring (bicyclic) bond motifs is 2. The van der Waals surface area contributed by atoms with Crippen LogP contribution in [-0.2, 0) is 9.59 Å². The number of rotatable bonds is 6. The molecule has 0 aliphatic rings. The zero-order valence-electron chi connectivity index (χ0n) is 16.1. The van der Waals surface area contributed by atoms with Crippen molar-refractivity contribution in [1.82, 2.24) is 9.97 Å². The molecule has 0 radical (unpaired) electrons. The molecule has 0 atom stereocenters. The first-order chi connectivity index (χ1) is 14.5. The van der Waals surface area contributed by atoms with E-state index in [9.17, 15) is 19.8 Å². The van der Waals surface area contributed by atoms with Crippen LogP contribution in [-0.4, -0.2) is 46.3 Å². The lowest BCUT2D eigenvalue weighted by Crippen LogP contribution is -2.09. The van der Waals surface area contributed by atoms with Gasteiger partial charge in [-0.05, 0) is 12.1 Å². The maximum absolute atomic E-state index is 12.3. The van der Waals surface area contributed by atoms with Crippen LogP contribution in [0.25, 0.3) is 33.0 Å². The zero-order valence-corrected chi connectivity index (χ0v) is 16.1. The smallest absolute Gasteiger partial charge is 0.337 e. The minimum Gasteiger partial charge on any atom is -0.493 e. The molecular formula is C22H18N2O6. The van der Waals surface area contributed by atoms with E-state index >= 15 is 0 Å². The Morgan fingerprint density at radius 1 is 0.767 bits per heavy atom. The van der Waals surface area contributed by atoms with Crippen LogP contribution in [0.1, 0.15) is 11.1 Å². The Morgan fingerprint density at radius 2 is 1.30 bits per heavy atom. The molecule has 4 aromatic rings. The van der Waals surface area contributed by atoms with Crippen molar-refractivity contribution in [3.05, 3.63) is 59.9 Å². The van der Waals surface area contributed by atoms with Gasteiger partial charge >= 0.3 is 11.9 Å². The predicted octanol–water partition coefficient (Wildman–Crippen LogP) is 3.75. The van der Waals surface area contributed by atoms with Crippen LogP contribution in [0.5, 0.6) is 11.5 Å². The van der Waals surface area contributed by atoms with Crippen molar-refractivity contribution < 1.29 is 29.3 Å². The van der Waals surface area contributed by atoms with Crippen molar-refractivity contribution in [2.24, 2.45) is 0 Å². The average Bonchev–Trinajstić information content (AvgIpc) is 3.34. The maximum Gasteiger partial charge on any atom is 0.337 e. The number of benzene rings is 2. The largest absolute Gasteiger partial charge is 0.493 e. The van der Waals surface area contributed by atoms with Crippen LogP contribution in [0.15, 0.2) is 48.8 Å². The van der Waals surface area contributed by atoms with Gasteiger partial charge in [-0.25, -0.2) is 9.59 Å². The lowest BCUT2D eigenvalue weighted by molar-refractivity contribution is -0.132. The van der Waals surface area contributed by atoms with E-state index in [-0.39, 0.29) is 16.7 Å². The number of hydrogen-bond donors (Lipinski definition) is 4. The number of aromatic amines is 2. The second kappa shape index (κ2) is 7.32. The number of aliphatic carboxylic acids is 2. The fourth-order valence-electron chi connectivity index (χ4n) is 3.65. The average molecular weight is 406 g/mol. The monoisotopic (exact) mass is 406 g/mol. The van der Waals surface area contributed by atoms with Crippen LogP contribution in [0.4, 0.5) is 0 Å². The molecule has 4 rings (SSSR count). The summed E-state index contributed by atoms with van der Waals surface area (Å²) in [6.45, 7) is 0. The third-order valence-corrected chi connectivity index (χ3v) is 4.99. The molecule has 0 bridgehead atoms.